The molecule has 6 heteroatoms. The molecule has 0 atom stereocenters. The Morgan fingerprint density at radius 3 is 1.57 bits per heavy atom. The lowest BCUT2D eigenvalue weighted by molar-refractivity contribution is -0.125. The predicted octanol–water partition coefficient (Wildman–Crippen LogP) is 4.42. The molecule has 0 N–H and O–H groups in total. The number of hydrogen-bond acceptors (Lipinski definition) is 4. The van der Waals surface area contributed by atoms with E-state index in [9.17, 15) is 9.59 Å². The van der Waals surface area contributed by atoms with Crippen molar-refractivity contribution in [1.82, 2.24) is 0 Å². The van der Waals surface area contributed by atoms with Crippen molar-refractivity contribution in [1.29, 1.82) is 0 Å². The molecule has 2 aromatic rings. The molecule has 0 bridgehead atoms. The van der Waals surface area contributed by atoms with E-state index in [0.29, 0.717) is 36.1 Å². The summed E-state index contributed by atoms with van der Waals surface area (Å²) in [6.07, 6.45) is 4.06. The normalized spacial score (nSPS) is 14.2. The summed E-state index contributed by atoms with van der Waals surface area (Å²) in [7, 11) is 0. The number of nitrogens with zero attached hydrogens (tertiary/aromatic N) is 2. The minimum absolute atomic E-state index is 0.00182. The highest BCUT2D eigenvalue weighted by Gasteiger charge is 2.32. The Labute approximate surface area is 178 Å². The largest absolute Gasteiger partial charge is 0.494 e. The smallest absolute Gasteiger partial charge is 0.247 e. The summed E-state index contributed by atoms with van der Waals surface area (Å²) in [6.45, 7) is 5.48. The maximum Gasteiger partial charge on any atom is 0.247 e. The van der Waals surface area contributed by atoms with E-state index in [0.717, 1.165) is 25.7 Å². The van der Waals surface area contributed by atoms with Crippen LogP contribution in [0.5, 0.6) is 11.5 Å². The number of unbranched alkanes of at least 4 members (excludes halogenated alkanes) is 2. The standard InChI is InChI=1S/C24H30N2O4/c1-3-5-13-29-21-11-7-9-19(15-21)25-17-24(28)26(18-23(25)27)20-10-8-12-22(16-20)30-14-6-4-2/h7-12,15-16H,3-6,13-14,17-18H2,1-2H3. The van der Waals surface area contributed by atoms with Gasteiger partial charge in [0.15, 0.2) is 0 Å². The topological polar surface area (TPSA) is 59.1 Å². The van der Waals surface area contributed by atoms with Gasteiger partial charge in [-0.15, -0.1) is 0 Å². The minimum atomic E-state index is -0.127. The van der Waals surface area contributed by atoms with Gasteiger partial charge in [0.05, 0.1) is 13.2 Å². The van der Waals surface area contributed by atoms with Crippen LogP contribution in [0.25, 0.3) is 0 Å². The zero-order valence-corrected chi connectivity index (χ0v) is 17.8. The fraction of sp³-hybridized carbons (Fsp3) is 0.417. The van der Waals surface area contributed by atoms with Crippen LogP contribution in [0.3, 0.4) is 0 Å². The van der Waals surface area contributed by atoms with Crippen molar-refractivity contribution in [3.05, 3.63) is 48.5 Å². The van der Waals surface area contributed by atoms with Crippen molar-refractivity contribution in [3.8, 4) is 11.5 Å². The Kier molecular flexibility index (Phi) is 7.71. The molecule has 1 aliphatic heterocycles. The molecule has 0 aliphatic carbocycles. The number of piperazine rings is 1. The van der Waals surface area contributed by atoms with Gasteiger partial charge in [-0.2, -0.15) is 0 Å². The minimum Gasteiger partial charge on any atom is -0.494 e. The van der Waals surface area contributed by atoms with Crippen LogP contribution in [-0.2, 0) is 9.59 Å². The number of amides is 2. The van der Waals surface area contributed by atoms with Gasteiger partial charge >= 0.3 is 0 Å². The molecule has 1 heterocycles. The maximum atomic E-state index is 12.9. The van der Waals surface area contributed by atoms with E-state index in [-0.39, 0.29) is 24.9 Å². The maximum absolute atomic E-state index is 12.9. The molecule has 1 saturated heterocycles. The highest BCUT2D eigenvalue weighted by Crippen LogP contribution is 2.27. The first-order valence-corrected chi connectivity index (χ1v) is 10.7. The molecule has 2 amide bonds. The van der Waals surface area contributed by atoms with Crippen molar-refractivity contribution >= 4 is 23.2 Å². The van der Waals surface area contributed by atoms with Crippen LogP contribution < -0.4 is 19.3 Å². The number of anilines is 2. The zero-order valence-electron chi connectivity index (χ0n) is 17.8. The quantitative estimate of drug-likeness (QED) is 0.544. The van der Waals surface area contributed by atoms with Crippen LogP contribution in [0, 0.1) is 0 Å². The van der Waals surface area contributed by atoms with E-state index >= 15 is 0 Å². The van der Waals surface area contributed by atoms with Crippen molar-refractivity contribution in [2.45, 2.75) is 39.5 Å². The Hall–Kier alpha value is -3.02. The summed E-state index contributed by atoms with van der Waals surface area (Å²) in [5.74, 6) is 1.16. The van der Waals surface area contributed by atoms with Gasteiger partial charge in [0.25, 0.3) is 0 Å². The second kappa shape index (κ2) is 10.7. The number of rotatable bonds is 10. The molecule has 0 aromatic heterocycles. The Morgan fingerprint density at radius 2 is 1.17 bits per heavy atom. The lowest BCUT2D eigenvalue weighted by Gasteiger charge is -2.34. The van der Waals surface area contributed by atoms with Crippen molar-refractivity contribution < 1.29 is 19.1 Å². The number of carbonyl (C=O) groups excluding carboxylic acids is 2. The van der Waals surface area contributed by atoms with Gasteiger partial charge < -0.3 is 19.3 Å². The molecule has 0 radical (unpaired) electrons. The SMILES string of the molecule is CCCCOc1cccc(N2CC(=O)N(c3cccc(OCCCC)c3)CC2=O)c1. The molecule has 2 aromatic carbocycles. The average molecular weight is 411 g/mol. The third kappa shape index (κ3) is 5.53. The van der Waals surface area contributed by atoms with Gasteiger partial charge in [0.1, 0.15) is 24.6 Å². The highest BCUT2D eigenvalue weighted by atomic mass is 16.5. The van der Waals surface area contributed by atoms with Crippen LogP contribution in [-0.4, -0.2) is 38.1 Å². The van der Waals surface area contributed by atoms with E-state index in [1.807, 2.05) is 48.5 Å². The highest BCUT2D eigenvalue weighted by molar-refractivity contribution is 6.12. The molecule has 3 rings (SSSR count). The number of hydrogen-bond donors (Lipinski definition) is 0. The number of benzene rings is 2. The van der Waals surface area contributed by atoms with E-state index in [1.54, 1.807) is 0 Å². The first-order valence-electron chi connectivity index (χ1n) is 10.7. The van der Waals surface area contributed by atoms with Gasteiger partial charge in [0, 0.05) is 23.5 Å². The molecule has 30 heavy (non-hydrogen) atoms. The molecule has 0 spiro atoms. The van der Waals surface area contributed by atoms with Gasteiger partial charge in [0.2, 0.25) is 11.8 Å². The second-order valence-electron chi connectivity index (χ2n) is 7.36. The Balaban J connectivity index is 1.69. The third-order valence-electron chi connectivity index (χ3n) is 4.98. The Bertz CT molecular complexity index is 796. The molecule has 160 valence electrons. The molecule has 0 unspecified atom stereocenters. The summed E-state index contributed by atoms with van der Waals surface area (Å²) < 4.78 is 11.5. The lowest BCUT2D eigenvalue weighted by Crippen LogP contribution is -2.54. The van der Waals surface area contributed by atoms with Crippen LogP contribution in [0.4, 0.5) is 11.4 Å². The Morgan fingerprint density at radius 1 is 0.733 bits per heavy atom. The number of carbonyl (C=O) groups is 2. The van der Waals surface area contributed by atoms with Crippen LogP contribution in [0.2, 0.25) is 0 Å². The van der Waals surface area contributed by atoms with Crippen LogP contribution in [0.1, 0.15) is 39.5 Å². The molecular formula is C24H30N2O4. The molecular weight excluding hydrogens is 380 g/mol. The summed E-state index contributed by atoms with van der Waals surface area (Å²) in [4.78, 5) is 28.7. The summed E-state index contributed by atoms with van der Waals surface area (Å²) in [5, 5.41) is 0. The fourth-order valence-electron chi connectivity index (χ4n) is 3.24. The summed E-state index contributed by atoms with van der Waals surface area (Å²) in [5.41, 5.74) is 1.36. The monoisotopic (exact) mass is 410 g/mol. The summed E-state index contributed by atoms with van der Waals surface area (Å²) >= 11 is 0. The van der Waals surface area contributed by atoms with Gasteiger partial charge in [-0.1, -0.05) is 38.8 Å². The van der Waals surface area contributed by atoms with E-state index < -0.39 is 0 Å². The van der Waals surface area contributed by atoms with Gasteiger partial charge in [-0.05, 0) is 37.1 Å². The third-order valence-corrected chi connectivity index (χ3v) is 4.98. The molecule has 1 fully saturated rings. The van der Waals surface area contributed by atoms with Crippen molar-refractivity contribution in [3.63, 3.8) is 0 Å². The van der Waals surface area contributed by atoms with Gasteiger partial charge in [-0.25, -0.2) is 0 Å². The second-order valence-corrected chi connectivity index (χ2v) is 7.36. The van der Waals surface area contributed by atoms with Crippen LogP contribution in [0.15, 0.2) is 48.5 Å². The number of ether oxygens (including phenoxy) is 2. The summed E-state index contributed by atoms with van der Waals surface area (Å²) in [6, 6.07) is 14.7. The predicted molar refractivity (Wildman–Crippen MR) is 118 cm³/mol. The molecule has 1 aliphatic rings. The van der Waals surface area contributed by atoms with E-state index in [1.165, 1.54) is 9.80 Å². The first-order chi connectivity index (χ1) is 14.6. The molecule has 6 nitrogen and oxygen atoms in total. The van der Waals surface area contributed by atoms with Crippen molar-refractivity contribution in [2.75, 3.05) is 36.1 Å². The lowest BCUT2D eigenvalue weighted by atomic mass is 10.2. The van der Waals surface area contributed by atoms with Crippen LogP contribution >= 0.6 is 0 Å². The van der Waals surface area contributed by atoms with E-state index in [2.05, 4.69) is 13.8 Å². The molecule has 0 saturated carbocycles. The van der Waals surface area contributed by atoms with E-state index in [4.69, 9.17) is 9.47 Å². The average Bonchev–Trinajstić information content (AvgIpc) is 2.76. The zero-order chi connectivity index (χ0) is 21.3. The first kappa shape index (κ1) is 21.7. The van der Waals surface area contributed by atoms with Gasteiger partial charge in [-0.3, -0.25) is 9.59 Å². The fourth-order valence-corrected chi connectivity index (χ4v) is 3.24. The van der Waals surface area contributed by atoms with Crippen molar-refractivity contribution in [2.24, 2.45) is 0 Å².